The fourth-order valence-electron chi connectivity index (χ4n) is 1.12. The van der Waals surface area contributed by atoms with Gasteiger partial charge in [0.2, 0.25) is 0 Å². The van der Waals surface area contributed by atoms with E-state index in [0.717, 1.165) is 11.4 Å². The molecule has 3 nitrogen and oxygen atoms in total. The van der Waals surface area contributed by atoms with Gasteiger partial charge < -0.3 is 10.1 Å². The lowest BCUT2D eigenvalue weighted by Crippen LogP contribution is -2.01. The van der Waals surface area contributed by atoms with Crippen LogP contribution >= 0.6 is 0 Å². The molecule has 0 saturated carbocycles. The third-order valence-corrected chi connectivity index (χ3v) is 1.65. The molecule has 1 aromatic heterocycles. The molecule has 0 bridgehead atoms. The first-order valence-corrected chi connectivity index (χ1v) is 3.26. The number of nitrogens with one attached hydrogen (secondary N) is 1. The van der Waals surface area contributed by atoms with E-state index >= 15 is 0 Å². The van der Waals surface area contributed by atoms with Crippen molar-refractivity contribution in [1.29, 1.82) is 0 Å². The number of aliphatic hydroxyl groups is 1. The van der Waals surface area contributed by atoms with Crippen LogP contribution in [0.3, 0.4) is 0 Å². The monoisotopic (exact) mass is 136 g/mol. The van der Waals surface area contributed by atoms with E-state index in [1.165, 1.54) is 0 Å². The smallest absolute Gasteiger partial charge is 0.101 e. The van der Waals surface area contributed by atoms with Gasteiger partial charge in [-0.15, -0.1) is 0 Å². The minimum absolute atomic E-state index is 0.387. The van der Waals surface area contributed by atoms with Gasteiger partial charge in [0.1, 0.15) is 6.10 Å². The molecule has 2 rings (SSSR count). The van der Waals surface area contributed by atoms with Crippen LogP contribution in [0.25, 0.3) is 0 Å². The second-order valence-corrected chi connectivity index (χ2v) is 2.34. The number of fused-ring (bicyclic) bond motifs is 1. The molecule has 0 saturated heterocycles. The molecule has 0 fully saturated rings. The van der Waals surface area contributed by atoms with Crippen molar-refractivity contribution in [1.82, 2.24) is 4.98 Å². The van der Waals surface area contributed by atoms with E-state index in [1.807, 2.05) is 6.07 Å². The van der Waals surface area contributed by atoms with Gasteiger partial charge in [0.25, 0.3) is 0 Å². The lowest BCUT2D eigenvalue weighted by Gasteiger charge is -2.10. The Morgan fingerprint density at radius 3 is 3.40 bits per heavy atom. The van der Waals surface area contributed by atoms with Crippen LogP contribution < -0.4 is 0 Å². The van der Waals surface area contributed by atoms with Crippen molar-refractivity contribution in [3.63, 3.8) is 0 Å². The van der Waals surface area contributed by atoms with E-state index < -0.39 is 0 Å². The topological polar surface area (TPSA) is 48.4 Å². The standard InChI is InChI=1S/C7H8N2O/c10-6-2-4-8-5-1-3-9-7(5)6/h1,3-4,6,9-10H,2H2. The van der Waals surface area contributed by atoms with Gasteiger partial charge in [0.05, 0.1) is 11.4 Å². The Hall–Kier alpha value is -1.09. The van der Waals surface area contributed by atoms with Gasteiger partial charge in [-0.25, -0.2) is 0 Å². The number of aromatic amines is 1. The molecule has 3 heteroatoms. The molecular formula is C7H8N2O. The summed E-state index contributed by atoms with van der Waals surface area (Å²) in [5.41, 5.74) is 1.70. The minimum atomic E-state index is -0.387. The summed E-state index contributed by atoms with van der Waals surface area (Å²) < 4.78 is 0. The van der Waals surface area contributed by atoms with Crippen molar-refractivity contribution in [2.75, 3.05) is 0 Å². The van der Waals surface area contributed by atoms with E-state index in [1.54, 1.807) is 12.4 Å². The number of H-pyrrole nitrogens is 1. The van der Waals surface area contributed by atoms with Crippen LogP contribution in [0.5, 0.6) is 0 Å². The van der Waals surface area contributed by atoms with Gasteiger partial charge in [-0.05, 0) is 6.07 Å². The second-order valence-electron chi connectivity index (χ2n) is 2.34. The van der Waals surface area contributed by atoms with E-state index in [9.17, 15) is 5.11 Å². The normalized spacial score (nSPS) is 22.7. The third kappa shape index (κ3) is 0.675. The molecule has 0 radical (unpaired) electrons. The quantitative estimate of drug-likeness (QED) is 0.552. The summed E-state index contributed by atoms with van der Waals surface area (Å²) in [4.78, 5) is 7.03. The van der Waals surface area contributed by atoms with Crippen molar-refractivity contribution in [3.8, 4) is 0 Å². The third-order valence-electron chi connectivity index (χ3n) is 1.65. The summed E-state index contributed by atoms with van der Waals surface area (Å²) in [7, 11) is 0. The zero-order valence-corrected chi connectivity index (χ0v) is 5.41. The molecule has 1 aliphatic rings. The highest BCUT2D eigenvalue weighted by Gasteiger charge is 2.14. The highest BCUT2D eigenvalue weighted by Crippen LogP contribution is 2.28. The van der Waals surface area contributed by atoms with E-state index in [4.69, 9.17) is 0 Å². The molecule has 52 valence electrons. The Morgan fingerprint density at radius 2 is 2.60 bits per heavy atom. The summed E-state index contributed by atoms with van der Waals surface area (Å²) in [5, 5.41) is 9.33. The molecule has 0 amide bonds. The molecule has 0 spiro atoms. The van der Waals surface area contributed by atoms with E-state index in [-0.39, 0.29) is 6.10 Å². The Kier molecular flexibility index (Phi) is 1.11. The summed E-state index contributed by atoms with van der Waals surface area (Å²) >= 11 is 0. The van der Waals surface area contributed by atoms with Crippen molar-refractivity contribution >= 4 is 11.9 Å². The first-order valence-electron chi connectivity index (χ1n) is 3.26. The minimum Gasteiger partial charge on any atom is -0.386 e. The van der Waals surface area contributed by atoms with Gasteiger partial charge >= 0.3 is 0 Å². The maximum absolute atomic E-state index is 9.33. The molecule has 0 aromatic carbocycles. The van der Waals surface area contributed by atoms with E-state index in [2.05, 4.69) is 9.98 Å². The molecule has 1 unspecified atom stereocenters. The number of aromatic nitrogens is 1. The molecule has 1 aliphatic heterocycles. The summed E-state index contributed by atoms with van der Waals surface area (Å²) in [6.45, 7) is 0. The molecule has 0 aliphatic carbocycles. The molecule has 2 heterocycles. The molecule has 1 aromatic rings. The SMILES string of the molecule is OC1CC=Nc2cc[nH]c21. The van der Waals surface area contributed by atoms with Crippen molar-refractivity contribution in [2.45, 2.75) is 12.5 Å². The number of hydrogen-bond donors (Lipinski definition) is 2. The van der Waals surface area contributed by atoms with Crippen molar-refractivity contribution in [3.05, 3.63) is 18.0 Å². The van der Waals surface area contributed by atoms with Crippen LogP contribution in [0.1, 0.15) is 18.2 Å². The van der Waals surface area contributed by atoms with Gasteiger partial charge in [-0.1, -0.05) is 0 Å². The van der Waals surface area contributed by atoms with Crippen molar-refractivity contribution in [2.24, 2.45) is 4.99 Å². The maximum atomic E-state index is 9.33. The van der Waals surface area contributed by atoms with Crippen LogP contribution in [0.4, 0.5) is 5.69 Å². The predicted octanol–water partition coefficient (Wildman–Crippen LogP) is 1.15. The summed E-state index contributed by atoms with van der Waals surface area (Å²) in [6, 6.07) is 1.86. The Balaban J connectivity index is 2.52. The number of aliphatic hydroxyl groups excluding tert-OH is 1. The molecule has 10 heavy (non-hydrogen) atoms. The number of aliphatic imine (C=N–C) groups is 1. The molecule has 1 atom stereocenters. The summed E-state index contributed by atoms with van der Waals surface area (Å²) in [6.07, 6.45) is 3.76. The number of nitrogens with zero attached hydrogens (tertiary/aromatic N) is 1. The first kappa shape index (κ1) is 5.68. The van der Waals surface area contributed by atoms with Crippen LogP contribution in [0.15, 0.2) is 17.3 Å². The van der Waals surface area contributed by atoms with Crippen LogP contribution in [-0.2, 0) is 0 Å². The average Bonchev–Trinajstić information content (AvgIpc) is 2.36. The predicted molar refractivity (Wildman–Crippen MR) is 38.5 cm³/mol. The summed E-state index contributed by atoms with van der Waals surface area (Å²) in [5.74, 6) is 0. The van der Waals surface area contributed by atoms with Crippen LogP contribution in [0, 0.1) is 0 Å². The fourth-order valence-corrected chi connectivity index (χ4v) is 1.12. The number of hydrogen-bond acceptors (Lipinski definition) is 2. The highest BCUT2D eigenvalue weighted by molar-refractivity contribution is 5.68. The van der Waals surface area contributed by atoms with Gasteiger partial charge in [-0.3, -0.25) is 4.99 Å². The fraction of sp³-hybridized carbons (Fsp3) is 0.286. The zero-order chi connectivity index (χ0) is 6.97. The van der Waals surface area contributed by atoms with E-state index in [0.29, 0.717) is 6.42 Å². The Bertz CT molecular complexity index is 264. The van der Waals surface area contributed by atoms with Crippen molar-refractivity contribution < 1.29 is 5.11 Å². The van der Waals surface area contributed by atoms with Crippen LogP contribution in [-0.4, -0.2) is 16.3 Å². The Labute approximate surface area is 58.4 Å². The van der Waals surface area contributed by atoms with Gasteiger partial charge in [0, 0.05) is 18.8 Å². The average molecular weight is 136 g/mol. The number of rotatable bonds is 0. The van der Waals surface area contributed by atoms with Gasteiger partial charge in [0.15, 0.2) is 0 Å². The highest BCUT2D eigenvalue weighted by atomic mass is 16.3. The zero-order valence-electron chi connectivity index (χ0n) is 5.41. The Morgan fingerprint density at radius 1 is 1.70 bits per heavy atom. The second kappa shape index (κ2) is 1.95. The van der Waals surface area contributed by atoms with Crippen LogP contribution in [0.2, 0.25) is 0 Å². The van der Waals surface area contributed by atoms with Gasteiger partial charge in [-0.2, -0.15) is 0 Å². The molecular weight excluding hydrogens is 128 g/mol. The lowest BCUT2D eigenvalue weighted by molar-refractivity contribution is 0.182. The first-order chi connectivity index (χ1) is 4.88. The lowest BCUT2D eigenvalue weighted by atomic mass is 10.1. The largest absolute Gasteiger partial charge is 0.386 e. The maximum Gasteiger partial charge on any atom is 0.101 e. The molecule has 2 N–H and O–H groups in total.